The van der Waals surface area contributed by atoms with Gasteiger partial charge in [0.2, 0.25) is 0 Å². The standard InChI is InChI=1S/C15H12N4OS/c20-15(12-7-4-10-21-12)17-14-9-8-13(18-19-14)16-11-5-2-1-3-6-11/h1-10H,(H,16,18)(H,17,19,20). The van der Waals surface area contributed by atoms with Crippen molar-refractivity contribution in [2.75, 3.05) is 10.6 Å². The van der Waals surface area contributed by atoms with Gasteiger partial charge in [-0.3, -0.25) is 4.79 Å². The number of rotatable bonds is 4. The highest BCUT2D eigenvalue weighted by atomic mass is 32.1. The molecule has 2 heterocycles. The molecule has 3 rings (SSSR count). The summed E-state index contributed by atoms with van der Waals surface area (Å²) in [5.41, 5.74) is 0.933. The Morgan fingerprint density at radius 1 is 0.905 bits per heavy atom. The normalized spacial score (nSPS) is 10.1. The highest BCUT2D eigenvalue weighted by Crippen LogP contribution is 2.15. The third kappa shape index (κ3) is 3.43. The fourth-order valence-corrected chi connectivity index (χ4v) is 2.34. The number of benzene rings is 1. The number of aromatic nitrogens is 2. The van der Waals surface area contributed by atoms with Crippen LogP contribution in [0.2, 0.25) is 0 Å². The summed E-state index contributed by atoms with van der Waals surface area (Å²) in [7, 11) is 0. The van der Waals surface area contributed by atoms with E-state index in [4.69, 9.17) is 0 Å². The maximum atomic E-state index is 11.9. The van der Waals surface area contributed by atoms with Gasteiger partial charge < -0.3 is 10.6 Å². The number of amides is 1. The Kier molecular flexibility index (Phi) is 3.88. The summed E-state index contributed by atoms with van der Waals surface area (Å²) < 4.78 is 0. The molecule has 0 aliphatic rings. The summed E-state index contributed by atoms with van der Waals surface area (Å²) in [5.74, 6) is 0.866. The van der Waals surface area contributed by atoms with E-state index in [-0.39, 0.29) is 5.91 Å². The fourth-order valence-electron chi connectivity index (χ4n) is 1.72. The predicted octanol–water partition coefficient (Wildman–Crippen LogP) is 3.53. The second-order valence-corrected chi connectivity index (χ2v) is 5.17. The van der Waals surface area contributed by atoms with E-state index in [1.54, 1.807) is 18.2 Å². The van der Waals surface area contributed by atoms with Gasteiger partial charge >= 0.3 is 0 Å². The van der Waals surface area contributed by atoms with Gasteiger partial charge in [0.1, 0.15) is 0 Å². The summed E-state index contributed by atoms with van der Waals surface area (Å²) in [5, 5.41) is 15.7. The van der Waals surface area contributed by atoms with Crippen LogP contribution in [0.25, 0.3) is 0 Å². The van der Waals surface area contributed by atoms with Crippen molar-refractivity contribution in [2.24, 2.45) is 0 Å². The molecule has 0 saturated heterocycles. The lowest BCUT2D eigenvalue weighted by Crippen LogP contribution is -2.12. The molecule has 0 bridgehead atoms. The lowest BCUT2D eigenvalue weighted by atomic mass is 10.3. The van der Waals surface area contributed by atoms with Crippen LogP contribution >= 0.6 is 11.3 Å². The summed E-state index contributed by atoms with van der Waals surface area (Å²) in [4.78, 5) is 12.5. The average Bonchev–Trinajstić information content (AvgIpc) is 3.05. The number of nitrogens with zero attached hydrogens (tertiary/aromatic N) is 2. The fraction of sp³-hybridized carbons (Fsp3) is 0. The van der Waals surface area contributed by atoms with Gasteiger partial charge in [-0.2, -0.15) is 0 Å². The number of carbonyl (C=O) groups excluding carboxylic acids is 1. The van der Waals surface area contributed by atoms with Crippen molar-refractivity contribution in [3.8, 4) is 0 Å². The van der Waals surface area contributed by atoms with Gasteiger partial charge in [0.05, 0.1) is 4.88 Å². The number of hydrogen-bond acceptors (Lipinski definition) is 5. The lowest BCUT2D eigenvalue weighted by Gasteiger charge is -2.06. The molecule has 0 spiro atoms. The summed E-state index contributed by atoms with van der Waals surface area (Å²) in [6.45, 7) is 0. The first-order valence-corrected chi connectivity index (χ1v) is 7.20. The number of para-hydroxylation sites is 1. The van der Waals surface area contributed by atoms with Crippen LogP contribution in [0.3, 0.4) is 0 Å². The molecule has 5 nitrogen and oxygen atoms in total. The molecule has 2 N–H and O–H groups in total. The Balaban J connectivity index is 1.65. The maximum Gasteiger partial charge on any atom is 0.266 e. The van der Waals surface area contributed by atoms with Gasteiger partial charge in [0.15, 0.2) is 11.6 Å². The second kappa shape index (κ2) is 6.15. The molecule has 104 valence electrons. The highest BCUT2D eigenvalue weighted by molar-refractivity contribution is 7.12. The quantitative estimate of drug-likeness (QED) is 0.773. The molecule has 1 amide bonds. The first-order chi connectivity index (χ1) is 10.3. The third-order valence-corrected chi connectivity index (χ3v) is 3.57. The van der Waals surface area contributed by atoms with Gasteiger partial charge in [-0.25, -0.2) is 0 Å². The van der Waals surface area contributed by atoms with E-state index < -0.39 is 0 Å². The molecule has 0 atom stereocenters. The molecule has 3 aromatic rings. The van der Waals surface area contributed by atoms with E-state index in [0.29, 0.717) is 16.5 Å². The Labute approximate surface area is 125 Å². The molecule has 6 heteroatoms. The monoisotopic (exact) mass is 296 g/mol. The first-order valence-electron chi connectivity index (χ1n) is 6.32. The van der Waals surface area contributed by atoms with Crippen molar-refractivity contribution >= 4 is 34.6 Å². The van der Waals surface area contributed by atoms with Crippen LogP contribution in [0, 0.1) is 0 Å². The van der Waals surface area contributed by atoms with Gasteiger partial charge in [-0.05, 0) is 35.7 Å². The van der Waals surface area contributed by atoms with Crippen molar-refractivity contribution in [3.05, 3.63) is 64.9 Å². The van der Waals surface area contributed by atoms with Crippen LogP contribution in [-0.4, -0.2) is 16.1 Å². The molecular formula is C15H12N4OS. The Morgan fingerprint density at radius 2 is 1.67 bits per heavy atom. The van der Waals surface area contributed by atoms with E-state index in [0.717, 1.165) is 5.69 Å². The largest absolute Gasteiger partial charge is 0.339 e. The van der Waals surface area contributed by atoms with Crippen LogP contribution in [0.15, 0.2) is 60.0 Å². The van der Waals surface area contributed by atoms with Crippen molar-refractivity contribution in [3.63, 3.8) is 0 Å². The molecule has 0 unspecified atom stereocenters. The predicted molar refractivity (Wildman–Crippen MR) is 84.0 cm³/mol. The molecule has 0 radical (unpaired) electrons. The zero-order valence-electron chi connectivity index (χ0n) is 11.0. The minimum absolute atomic E-state index is 0.178. The molecule has 0 saturated carbocycles. The zero-order chi connectivity index (χ0) is 14.5. The van der Waals surface area contributed by atoms with Crippen molar-refractivity contribution in [1.82, 2.24) is 10.2 Å². The minimum atomic E-state index is -0.178. The number of hydrogen-bond donors (Lipinski definition) is 2. The van der Waals surface area contributed by atoms with Gasteiger partial charge in [0.25, 0.3) is 5.91 Å². The lowest BCUT2D eigenvalue weighted by molar-refractivity contribution is 0.103. The highest BCUT2D eigenvalue weighted by Gasteiger charge is 2.07. The summed E-state index contributed by atoms with van der Waals surface area (Å²) >= 11 is 1.38. The summed E-state index contributed by atoms with van der Waals surface area (Å²) in [6.07, 6.45) is 0. The number of carbonyl (C=O) groups is 1. The molecule has 2 aromatic heterocycles. The Morgan fingerprint density at radius 3 is 2.33 bits per heavy atom. The van der Waals surface area contributed by atoms with E-state index in [9.17, 15) is 4.79 Å². The van der Waals surface area contributed by atoms with Gasteiger partial charge in [0, 0.05) is 5.69 Å². The van der Waals surface area contributed by atoms with Gasteiger partial charge in [-0.1, -0.05) is 24.3 Å². The molecule has 0 fully saturated rings. The maximum absolute atomic E-state index is 11.9. The van der Waals surface area contributed by atoms with Crippen LogP contribution < -0.4 is 10.6 Å². The van der Waals surface area contributed by atoms with Crippen LogP contribution in [0.5, 0.6) is 0 Å². The number of anilines is 3. The van der Waals surface area contributed by atoms with Crippen LogP contribution in [0.1, 0.15) is 9.67 Å². The molecule has 1 aromatic carbocycles. The van der Waals surface area contributed by atoms with Crippen molar-refractivity contribution in [1.29, 1.82) is 0 Å². The number of nitrogens with one attached hydrogen (secondary N) is 2. The first kappa shape index (κ1) is 13.3. The molecule has 21 heavy (non-hydrogen) atoms. The number of thiophene rings is 1. The second-order valence-electron chi connectivity index (χ2n) is 4.23. The van der Waals surface area contributed by atoms with E-state index >= 15 is 0 Å². The summed E-state index contributed by atoms with van der Waals surface area (Å²) in [6, 6.07) is 16.8. The van der Waals surface area contributed by atoms with E-state index in [2.05, 4.69) is 20.8 Å². The van der Waals surface area contributed by atoms with E-state index in [1.165, 1.54) is 11.3 Å². The molecular weight excluding hydrogens is 284 g/mol. The van der Waals surface area contributed by atoms with Crippen LogP contribution in [0.4, 0.5) is 17.3 Å². The SMILES string of the molecule is O=C(Nc1ccc(Nc2ccccc2)nn1)c1cccs1. The van der Waals surface area contributed by atoms with Crippen molar-refractivity contribution < 1.29 is 4.79 Å². The van der Waals surface area contributed by atoms with Crippen molar-refractivity contribution in [2.45, 2.75) is 0 Å². The van der Waals surface area contributed by atoms with Crippen LogP contribution in [-0.2, 0) is 0 Å². The molecule has 0 aliphatic heterocycles. The topological polar surface area (TPSA) is 66.9 Å². The average molecular weight is 296 g/mol. The third-order valence-electron chi connectivity index (χ3n) is 2.70. The van der Waals surface area contributed by atoms with E-state index in [1.807, 2.05) is 41.8 Å². The minimum Gasteiger partial charge on any atom is -0.339 e. The Hall–Kier alpha value is -2.73. The molecule has 0 aliphatic carbocycles. The smallest absolute Gasteiger partial charge is 0.266 e. The Bertz CT molecular complexity index is 711. The zero-order valence-corrected chi connectivity index (χ0v) is 11.8. The van der Waals surface area contributed by atoms with Gasteiger partial charge in [-0.15, -0.1) is 21.5 Å².